The van der Waals surface area contributed by atoms with Gasteiger partial charge in [-0.25, -0.2) is 8.42 Å². The molecule has 0 radical (unpaired) electrons. The first kappa shape index (κ1) is 20.1. The number of nitrogens with zero attached hydrogens (tertiary/aromatic N) is 5. The molecule has 0 amide bonds. The monoisotopic (exact) mass is 435 g/mol. The normalized spacial score (nSPS) is 16.4. The van der Waals surface area contributed by atoms with Crippen molar-refractivity contribution < 1.29 is 8.42 Å². The minimum atomic E-state index is -3.56. The largest absolute Gasteiger partial charge is 0.243 e. The Morgan fingerprint density at radius 3 is 2.42 bits per heavy atom. The van der Waals surface area contributed by atoms with E-state index in [0.717, 1.165) is 40.4 Å². The molecule has 1 saturated heterocycles. The molecule has 0 saturated carbocycles. The molecule has 7 nitrogen and oxygen atoms in total. The zero-order valence-electron chi connectivity index (χ0n) is 17.9. The van der Waals surface area contributed by atoms with Gasteiger partial charge < -0.3 is 0 Å². The number of piperidine rings is 1. The molecule has 0 atom stereocenters. The molecule has 0 aliphatic carbocycles. The van der Waals surface area contributed by atoms with Crippen LogP contribution in [0.5, 0.6) is 0 Å². The van der Waals surface area contributed by atoms with Crippen LogP contribution in [0.4, 0.5) is 0 Å². The molecule has 160 valence electrons. The van der Waals surface area contributed by atoms with Gasteiger partial charge in [-0.15, -0.1) is 10.2 Å². The summed E-state index contributed by atoms with van der Waals surface area (Å²) in [6, 6.07) is 13.2. The van der Waals surface area contributed by atoms with Crippen molar-refractivity contribution in [2.75, 3.05) is 13.1 Å². The Kier molecular flexibility index (Phi) is 4.79. The van der Waals surface area contributed by atoms with Gasteiger partial charge in [-0.2, -0.15) is 13.9 Å². The van der Waals surface area contributed by atoms with Crippen LogP contribution in [0.15, 0.2) is 47.4 Å². The van der Waals surface area contributed by atoms with E-state index in [9.17, 15) is 8.42 Å². The summed E-state index contributed by atoms with van der Waals surface area (Å²) in [7, 11) is -3.56. The third-order valence-corrected chi connectivity index (χ3v) is 8.17. The summed E-state index contributed by atoms with van der Waals surface area (Å²) >= 11 is 0. The van der Waals surface area contributed by atoms with Gasteiger partial charge >= 0.3 is 0 Å². The first-order chi connectivity index (χ1) is 14.9. The lowest BCUT2D eigenvalue weighted by molar-refractivity contribution is 0.288. The molecule has 5 rings (SSSR count). The van der Waals surface area contributed by atoms with E-state index in [-0.39, 0.29) is 4.90 Å². The maximum Gasteiger partial charge on any atom is 0.243 e. The van der Waals surface area contributed by atoms with Gasteiger partial charge in [-0.05, 0) is 50.3 Å². The zero-order chi connectivity index (χ0) is 21.8. The number of hydrogen-bond donors (Lipinski definition) is 0. The Balaban J connectivity index is 1.64. The molecule has 0 bridgehead atoms. The number of aromatic nitrogens is 4. The molecule has 0 N–H and O–H groups in total. The quantitative estimate of drug-likeness (QED) is 0.486. The van der Waals surface area contributed by atoms with Crippen LogP contribution in [0, 0.1) is 19.8 Å². The second-order valence-electron chi connectivity index (χ2n) is 8.45. The van der Waals surface area contributed by atoms with E-state index in [4.69, 9.17) is 5.10 Å². The van der Waals surface area contributed by atoms with Gasteiger partial charge in [0.1, 0.15) is 0 Å². The molecule has 1 aliphatic rings. The van der Waals surface area contributed by atoms with Gasteiger partial charge in [0.15, 0.2) is 11.5 Å². The van der Waals surface area contributed by atoms with E-state index in [1.165, 1.54) is 0 Å². The van der Waals surface area contributed by atoms with Crippen LogP contribution in [-0.4, -0.2) is 45.6 Å². The summed E-state index contributed by atoms with van der Waals surface area (Å²) < 4.78 is 29.9. The molecule has 3 heterocycles. The van der Waals surface area contributed by atoms with Crippen molar-refractivity contribution in [1.82, 2.24) is 24.1 Å². The Morgan fingerprint density at radius 1 is 0.968 bits per heavy atom. The van der Waals surface area contributed by atoms with Crippen molar-refractivity contribution >= 4 is 26.4 Å². The molecule has 4 aromatic rings. The predicted molar refractivity (Wildman–Crippen MR) is 120 cm³/mol. The van der Waals surface area contributed by atoms with Crippen molar-refractivity contribution in [2.45, 2.75) is 38.5 Å². The highest BCUT2D eigenvalue weighted by molar-refractivity contribution is 7.89. The van der Waals surface area contributed by atoms with Crippen LogP contribution in [0.25, 0.3) is 27.8 Å². The van der Waals surface area contributed by atoms with Crippen molar-refractivity contribution in [2.24, 2.45) is 5.92 Å². The number of fused-ring (bicyclic) bond motifs is 3. The number of hydrogen-bond acceptors (Lipinski definition) is 5. The molecule has 31 heavy (non-hydrogen) atoms. The summed E-state index contributed by atoms with van der Waals surface area (Å²) in [6.07, 6.45) is 1.78. The highest BCUT2D eigenvalue weighted by Crippen LogP contribution is 2.30. The molecule has 1 aliphatic heterocycles. The smallest absolute Gasteiger partial charge is 0.207 e. The van der Waals surface area contributed by atoms with Crippen molar-refractivity contribution in [3.8, 4) is 11.4 Å². The zero-order valence-corrected chi connectivity index (χ0v) is 18.7. The Labute approximate surface area is 181 Å². The number of aryl methyl sites for hydroxylation is 2. The molecule has 8 heteroatoms. The molecule has 0 spiro atoms. The van der Waals surface area contributed by atoms with E-state index in [1.54, 1.807) is 21.0 Å². The molecular weight excluding hydrogens is 410 g/mol. The molecule has 1 fully saturated rings. The minimum absolute atomic E-state index is 0.289. The Bertz CT molecular complexity index is 1400. The van der Waals surface area contributed by atoms with Crippen LogP contribution in [0.1, 0.15) is 31.0 Å². The summed E-state index contributed by atoms with van der Waals surface area (Å²) in [4.78, 5) is 0.289. The number of benzene rings is 2. The molecule has 2 aromatic carbocycles. The first-order valence-corrected chi connectivity index (χ1v) is 12.0. The van der Waals surface area contributed by atoms with Crippen molar-refractivity contribution in [3.05, 3.63) is 53.7 Å². The average molecular weight is 436 g/mol. The van der Waals surface area contributed by atoms with Crippen LogP contribution < -0.4 is 0 Å². The van der Waals surface area contributed by atoms with E-state index in [2.05, 4.69) is 17.1 Å². The van der Waals surface area contributed by atoms with Gasteiger partial charge in [0.2, 0.25) is 10.0 Å². The van der Waals surface area contributed by atoms with Crippen molar-refractivity contribution in [3.63, 3.8) is 0 Å². The third kappa shape index (κ3) is 3.30. The lowest BCUT2D eigenvalue weighted by atomic mass is 10.0. The summed E-state index contributed by atoms with van der Waals surface area (Å²) in [5, 5.41) is 15.5. The SMILES string of the molecule is Cc1ccc(S(=O)(=O)N2CCC(C)CC2)cc1-c1nnc2c3ccccc3c(C)nn12. The van der Waals surface area contributed by atoms with Gasteiger partial charge in [0.25, 0.3) is 0 Å². The highest BCUT2D eigenvalue weighted by Gasteiger charge is 2.29. The fourth-order valence-electron chi connectivity index (χ4n) is 4.28. The highest BCUT2D eigenvalue weighted by atomic mass is 32.2. The van der Waals surface area contributed by atoms with E-state index < -0.39 is 10.0 Å². The lowest BCUT2D eigenvalue weighted by Gasteiger charge is -2.29. The Morgan fingerprint density at radius 2 is 1.68 bits per heavy atom. The summed E-state index contributed by atoms with van der Waals surface area (Å²) in [5.74, 6) is 1.11. The van der Waals surface area contributed by atoms with Gasteiger partial charge in [0, 0.05) is 29.4 Å². The fraction of sp³-hybridized carbons (Fsp3) is 0.348. The molecular formula is C23H25N5O2S. The number of rotatable bonds is 3. The van der Waals surface area contributed by atoms with Crippen LogP contribution in [0.2, 0.25) is 0 Å². The second kappa shape index (κ2) is 7.39. The standard InChI is InChI=1S/C23H25N5O2S/c1-15-10-12-27(13-11-15)31(29,30)18-9-8-16(2)21(14-18)23-25-24-22-20-7-5-4-6-19(20)17(3)26-28(22)23/h4-9,14-15H,10-13H2,1-3H3. The van der Waals surface area contributed by atoms with Gasteiger partial charge in [-0.1, -0.05) is 37.3 Å². The lowest BCUT2D eigenvalue weighted by Crippen LogP contribution is -2.37. The van der Waals surface area contributed by atoms with Crippen LogP contribution in [0.3, 0.4) is 0 Å². The topological polar surface area (TPSA) is 80.5 Å². The Hall–Kier alpha value is -2.84. The predicted octanol–water partition coefficient (Wildman–Crippen LogP) is 3.98. The average Bonchev–Trinajstić information content (AvgIpc) is 3.18. The molecule has 0 unspecified atom stereocenters. The summed E-state index contributed by atoms with van der Waals surface area (Å²) in [5.41, 5.74) is 3.18. The maximum absolute atomic E-state index is 13.3. The van der Waals surface area contributed by atoms with E-state index in [1.807, 2.05) is 44.2 Å². The van der Waals surface area contributed by atoms with Crippen molar-refractivity contribution in [1.29, 1.82) is 0 Å². The second-order valence-corrected chi connectivity index (χ2v) is 10.4. The van der Waals surface area contributed by atoms with Crippen LogP contribution >= 0.6 is 0 Å². The minimum Gasteiger partial charge on any atom is -0.207 e. The van der Waals surface area contributed by atoms with Gasteiger partial charge in [0.05, 0.1) is 10.6 Å². The summed E-state index contributed by atoms with van der Waals surface area (Å²) in [6.45, 7) is 7.20. The number of sulfonamides is 1. The van der Waals surface area contributed by atoms with E-state index in [0.29, 0.717) is 30.5 Å². The van der Waals surface area contributed by atoms with Gasteiger partial charge in [-0.3, -0.25) is 0 Å². The maximum atomic E-state index is 13.3. The first-order valence-electron chi connectivity index (χ1n) is 10.6. The molecule has 2 aromatic heterocycles. The third-order valence-electron chi connectivity index (χ3n) is 6.28. The fourth-order valence-corrected chi connectivity index (χ4v) is 5.78. The van der Waals surface area contributed by atoms with Crippen LogP contribution in [-0.2, 0) is 10.0 Å². The van der Waals surface area contributed by atoms with E-state index >= 15 is 0 Å².